The highest BCUT2D eigenvalue weighted by molar-refractivity contribution is 5.52. The lowest BCUT2D eigenvalue weighted by atomic mass is 10.00. The molecule has 0 aliphatic rings. The van der Waals surface area contributed by atoms with Crippen molar-refractivity contribution in [3.63, 3.8) is 0 Å². The largest absolute Gasteiger partial charge is 0.348 e. The maximum absolute atomic E-state index is 8.28. The quantitative estimate of drug-likeness (QED) is 0.412. The molecule has 0 spiro atoms. The van der Waals surface area contributed by atoms with Gasteiger partial charge in [-0.2, -0.15) is 0 Å². The smallest absolute Gasteiger partial charge is 0.295 e. The Morgan fingerprint density at radius 1 is 1.06 bits per heavy atom. The zero-order chi connectivity index (χ0) is 11.6. The Kier molecular flexibility index (Phi) is 5.02. The second kappa shape index (κ2) is 6.92. The third-order valence-corrected chi connectivity index (χ3v) is 2.01. The topological polar surface area (TPSA) is 72.8 Å². The molecule has 4 heteroatoms. The highest BCUT2D eigenvalue weighted by atomic mass is 14.8. The lowest BCUT2D eigenvalue weighted by Crippen LogP contribution is -1.98. The summed E-state index contributed by atoms with van der Waals surface area (Å²) in [5.41, 5.74) is 17.7. The van der Waals surface area contributed by atoms with E-state index >= 15 is 0 Å². The predicted molar refractivity (Wildman–Crippen MR) is 60.0 cm³/mol. The first-order valence-corrected chi connectivity index (χ1v) is 4.76. The van der Waals surface area contributed by atoms with E-state index in [0.717, 1.165) is 5.56 Å². The van der Waals surface area contributed by atoms with Crippen molar-refractivity contribution >= 4 is 11.7 Å². The van der Waals surface area contributed by atoms with Gasteiger partial charge in [0.15, 0.2) is 0 Å². The van der Waals surface area contributed by atoms with Gasteiger partial charge in [0.25, 0.3) is 11.7 Å². The van der Waals surface area contributed by atoms with Gasteiger partial charge in [-0.15, -0.1) is 9.58 Å². The molecule has 0 amide bonds. The minimum Gasteiger partial charge on any atom is -0.348 e. The van der Waals surface area contributed by atoms with Gasteiger partial charge in [-0.25, -0.2) is 0 Å². The van der Waals surface area contributed by atoms with Crippen LogP contribution in [0.25, 0.3) is 11.1 Å². The monoisotopic (exact) mass is 210 g/mol. The molecule has 0 aromatic heterocycles. The molecule has 1 aromatic carbocycles. The zero-order valence-electron chi connectivity index (χ0n) is 8.61. The number of rotatable bonds is 4. The highest BCUT2D eigenvalue weighted by Gasteiger charge is 2.04. The van der Waals surface area contributed by atoms with Gasteiger partial charge in [-0.05, 0) is 12.0 Å². The van der Waals surface area contributed by atoms with Gasteiger partial charge in [0.1, 0.15) is 0 Å². The van der Waals surface area contributed by atoms with Crippen LogP contribution in [0.2, 0.25) is 0 Å². The summed E-state index contributed by atoms with van der Waals surface area (Å²) in [7, 11) is 0. The maximum Gasteiger partial charge on any atom is 0.295 e. The van der Waals surface area contributed by atoms with E-state index in [4.69, 9.17) is 11.1 Å². The number of nitrogens with zero attached hydrogens (tertiary/aromatic N) is 4. The summed E-state index contributed by atoms with van der Waals surface area (Å²) >= 11 is 0. The molecule has 1 aromatic rings. The number of allylic oxidation sites excluding steroid dienone is 2. The first-order valence-electron chi connectivity index (χ1n) is 4.76. The maximum atomic E-state index is 8.28. The van der Waals surface area contributed by atoms with Crippen LogP contribution in [-0.2, 0) is 6.42 Å². The van der Waals surface area contributed by atoms with Crippen LogP contribution >= 0.6 is 0 Å². The molecule has 0 N–H and O–H groups in total. The summed E-state index contributed by atoms with van der Waals surface area (Å²) in [6, 6.07) is 9.80. The number of hydrogen-bond donors (Lipinski definition) is 0. The number of benzene rings is 1. The molecule has 0 bridgehead atoms. The molecule has 0 unspecified atom stereocenters. The summed E-state index contributed by atoms with van der Waals surface area (Å²) in [4.78, 5) is 5.56. The van der Waals surface area contributed by atoms with Crippen LogP contribution in [0.3, 0.4) is 0 Å². The molecule has 1 rings (SSSR count). The van der Waals surface area contributed by atoms with E-state index in [0.29, 0.717) is 6.42 Å². The van der Waals surface area contributed by atoms with Gasteiger partial charge in [0.2, 0.25) is 0 Å². The summed E-state index contributed by atoms with van der Waals surface area (Å²) in [5, 5.41) is 0. The first-order chi connectivity index (χ1) is 7.86. The molecule has 0 atom stereocenters. The molecular weight excluding hydrogens is 200 g/mol. The first kappa shape index (κ1) is 11.6. The molecule has 0 fully saturated rings. The Morgan fingerprint density at radius 3 is 2.12 bits per heavy atom. The van der Waals surface area contributed by atoms with E-state index in [1.807, 2.05) is 30.3 Å². The summed E-state index contributed by atoms with van der Waals surface area (Å²) in [5.74, 6) is 4.60. The molecule has 0 saturated carbocycles. The summed E-state index contributed by atoms with van der Waals surface area (Å²) in [6.45, 7) is 0. The van der Waals surface area contributed by atoms with E-state index in [2.05, 4.69) is 21.3 Å². The van der Waals surface area contributed by atoms with Crippen molar-refractivity contribution in [1.29, 1.82) is 0 Å². The molecule has 0 saturated heterocycles. The van der Waals surface area contributed by atoms with Crippen molar-refractivity contribution in [2.75, 3.05) is 0 Å². The van der Waals surface area contributed by atoms with Gasteiger partial charge >= 0.3 is 0 Å². The van der Waals surface area contributed by atoms with Crippen LogP contribution in [0.15, 0.2) is 42.5 Å². The standard InChI is InChI=1S/C12H10N4/c13-15-8-6-12(7-9-16-14)10-11-4-2-1-3-5-11/h1-7,12H,10H2. The van der Waals surface area contributed by atoms with E-state index < -0.39 is 0 Å². The molecule has 4 nitrogen and oxygen atoms in total. The van der Waals surface area contributed by atoms with Crippen LogP contribution in [0, 0.1) is 5.92 Å². The average molecular weight is 210 g/mol. The Labute approximate surface area is 93.4 Å². The number of hydrogen-bond acceptors (Lipinski definition) is 0. The molecule has 0 heterocycles. The molecule has 0 aliphatic heterocycles. The molecular formula is C12H10N4. The summed E-state index contributed by atoms with van der Waals surface area (Å²) in [6.07, 6.45) is 3.85. The Morgan fingerprint density at radius 2 is 1.62 bits per heavy atom. The van der Waals surface area contributed by atoms with Crippen LogP contribution in [0.5, 0.6) is 0 Å². The van der Waals surface area contributed by atoms with Crippen LogP contribution in [0.4, 0.5) is 0 Å². The molecule has 78 valence electrons. The minimum atomic E-state index is -0.0748. The normalized spacial score (nSPS) is 10.0. The van der Waals surface area contributed by atoms with Gasteiger partial charge in [-0.3, -0.25) is 0 Å². The van der Waals surface area contributed by atoms with Gasteiger partial charge < -0.3 is 11.1 Å². The second-order valence-electron chi connectivity index (χ2n) is 3.15. The van der Waals surface area contributed by atoms with Crippen molar-refractivity contribution in [2.45, 2.75) is 6.42 Å². The fourth-order valence-electron chi connectivity index (χ4n) is 1.31. The van der Waals surface area contributed by atoms with Gasteiger partial charge in [-0.1, -0.05) is 30.3 Å². The Balaban J connectivity index is 2.87. The average Bonchev–Trinajstić information content (AvgIpc) is 2.34. The van der Waals surface area contributed by atoms with Gasteiger partial charge in [0, 0.05) is 5.92 Å². The molecule has 16 heavy (non-hydrogen) atoms. The van der Waals surface area contributed by atoms with Crippen molar-refractivity contribution < 1.29 is 9.58 Å². The summed E-state index contributed by atoms with van der Waals surface area (Å²) < 4.78 is 0. The van der Waals surface area contributed by atoms with E-state index in [9.17, 15) is 0 Å². The zero-order valence-corrected chi connectivity index (χ0v) is 8.61. The lowest BCUT2D eigenvalue weighted by molar-refractivity contribution is 0.00757. The third kappa shape index (κ3) is 4.17. The van der Waals surface area contributed by atoms with Crippen LogP contribution < -0.4 is 0 Å². The minimum absolute atomic E-state index is 0.0748. The SMILES string of the molecule is [N-]=[N+]=C=CC(C=C=[N+]=[N-])Cc1ccccc1. The fraction of sp³-hybridized carbons (Fsp3) is 0.167. The Hall–Kier alpha value is -2.46. The molecule has 0 radical (unpaired) electrons. The van der Waals surface area contributed by atoms with Crippen LogP contribution in [0.1, 0.15) is 5.56 Å². The van der Waals surface area contributed by atoms with Crippen molar-refractivity contribution in [3.8, 4) is 0 Å². The van der Waals surface area contributed by atoms with E-state index in [-0.39, 0.29) is 5.92 Å². The second-order valence-corrected chi connectivity index (χ2v) is 3.15. The van der Waals surface area contributed by atoms with Crippen molar-refractivity contribution in [2.24, 2.45) is 5.92 Å². The van der Waals surface area contributed by atoms with Gasteiger partial charge in [0.05, 0.1) is 12.2 Å². The van der Waals surface area contributed by atoms with E-state index in [1.54, 1.807) is 12.2 Å². The predicted octanol–water partition coefficient (Wildman–Crippen LogP) is 1.76. The molecule has 0 aliphatic carbocycles. The third-order valence-electron chi connectivity index (χ3n) is 2.01. The highest BCUT2D eigenvalue weighted by Crippen LogP contribution is 2.09. The Bertz CT molecular complexity index is 467. The lowest BCUT2D eigenvalue weighted by Gasteiger charge is -2.02. The van der Waals surface area contributed by atoms with Crippen LogP contribution in [-0.4, -0.2) is 21.3 Å². The van der Waals surface area contributed by atoms with E-state index in [1.165, 1.54) is 0 Å². The van der Waals surface area contributed by atoms with Crippen molar-refractivity contribution in [1.82, 2.24) is 0 Å². The van der Waals surface area contributed by atoms with Crippen molar-refractivity contribution in [3.05, 3.63) is 59.1 Å². The fourth-order valence-corrected chi connectivity index (χ4v) is 1.31.